The maximum absolute atomic E-state index is 13.0. The first-order valence-corrected chi connectivity index (χ1v) is 9.01. The maximum atomic E-state index is 13.0. The Kier molecular flexibility index (Phi) is 4.08. The summed E-state index contributed by atoms with van der Waals surface area (Å²) in [5.74, 6) is 0.830. The Morgan fingerprint density at radius 1 is 1.25 bits per heavy atom. The van der Waals surface area contributed by atoms with Crippen molar-refractivity contribution < 1.29 is 4.79 Å². The number of carbonyl (C=O) groups is 1. The van der Waals surface area contributed by atoms with Crippen LogP contribution >= 0.6 is 0 Å². The van der Waals surface area contributed by atoms with E-state index in [0.717, 1.165) is 37.2 Å². The van der Waals surface area contributed by atoms with Crippen LogP contribution in [-0.2, 0) is 4.79 Å². The third kappa shape index (κ3) is 2.95. The number of hydrogen-bond donors (Lipinski definition) is 0. The Labute approximate surface area is 142 Å². The molecule has 1 saturated heterocycles. The van der Waals surface area contributed by atoms with Gasteiger partial charge < -0.3 is 4.90 Å². The van der Waals surface area contributed by atoms with Crippen LogP contribution in [0.5, 0.6) is 0 Å². The van der Waals surface area contributed by atoms with Gasteiger partial charge in [0.2, 0.25) is 5.91 Å². The van der Waals surface area contributed by atoms with Gasteiger partial charge in [-0.05, 0) is 31.2 Å². The first kappa shape index (κ1) is 15.4. The summed E-state index contributed by atoms with van der Waals surface area (Å²) in [5, 5.41) is 8.61. The van der Waals surface area contributed by atoms with Crippen molar-refractivity contribution in [3.05, 3.63) is 47.8 Å². The lowest BCUT2D eigenvalue weighted by Gasteiger charge is -2.23. The van der Waals surface area contributed by atoms with Crippen molar-refractivity contribution in [1.29, 1.82) is 0 Å². The van der Waals surface area contributed by atoms with Crippen LogP contribution in [0.25, 0.3) is 0 Å². The summed E-state index contributed by atoms with van der Waals surface area (Å²) >= 11 is 0. The number of hydrogen-bond acceptors (Lipinski definition) is 3. The molecular formula is C19H24N4O. The average molecular weight is 324 g/mol. The molecule has 24 heavy (non-hydrogen) atoms. The summed E-state index contributed by atoms with van der Waals surface area (Å²) in [5.41, 5.74) is 2.24. The van der Waals surface area contributed by atoms with Gasteiger partial charge in [-0.25, -0.2) is 4.68 Å². The highest BCUT2D eigenvalue weighted by molar-refractivity contribution is 5.84. The first-order chi connectivity index (χ1) is 11.8. The number of rotatable bonds is 5. The molecule has 2 unspecified atom stereocenters. The van der Waals surface area contributed by atoms with Gasteiger partial charge in [-0.2, -0.15) is 0 Å². The van der Waals surface area contributed by atoms with E-state index in [9.17, 15) is 4.79 Å². The quantitative estimate of drug-likeness (QED) is 0.849. The highest BCUT2D eigenvalue weighted by Gasteiger charge is 2.33. The van der Waals surface area contributed by atoms with Gasteiger partial charge in [0, 0.05) is 25.2 Å². The van der Waals surface area contributed by atoms with E-state index in [4.69, 9.17) is 0 Å². The Balaban J connectivity index is 1.44. The third-order valence-electron chi connectivity index (χ3n) is 5.28. The topological polar surface area (TPSA) is 51.0 Å². The third-order valence-corrected chi connectivity index (χ3v) is 5.28. The molecular weight excluding hydrogens is 300 g/mol. The van der Waals surface area contributed by atoms with Crippen molar-refractivity contribution in [3.63, 3.8) is 0 Å². The van der Waals surface area contributed by atoms with E-state index in [2.05, 4.69) is 35.6 Å². The van der Waals surface area contributed by atoms with Crippen LogP contribution < -0.4 is 0 Å². The molecule has 0 N–H and O–H groups in total. The summed E-state index contributed by atoms with van der Waals surface area (Å²) in [4.78, 5) is 15.0. The molecule has 2 heterocycles. The average Bonchev–Trinajstić information content (AvgIpc) is 3.14. The van der Waals surface area contributed by atoms with Crippen LogP contribution in [-0.4, -0.2) is 38.9 Å². The second kappa shape index (κ2) is 6.38. The van der Waals surface area contributed by atoms with Crippen LogP contribution in [0.2, 0.25) is 0 Å². The molecule has 2 aliphatic rings. The molecule has 0 bridgehead atoms. The van der Waals surface area contributed by atoms with Gasteiger partial charge in [0.05, 0.1) is 17.7 Å². The summed E-state index contributed by atoms with van der Waals surface area (Å²) in [7, 11) is 0. The molecule has 5 nitrogen and oxygen atoms in total. The minimum Gasteiger partial charge on any atom is -0.340 e. The van der Waals surface area contributed by atoms with Crippen molar-refractivity contribution >= 4 is 5.91 Å². The Morgan fingerprint density at radius 3 is 2.75 bits per heavy atom. The zero-order valence-corrected chi connectivity index (χ0v) is 14.1. The van der Waals surface area contributed by atoms with Gasteiger partial charge in [-0.3, -0.25) is 4.79 Å². The molecule has 1 saturated carbocycles. The predicted octanol–water partition coefficient (Wildman–Crippen LogP) is 3.12. The van der Waals surface area contributed by atoms with E-state index in [1.807, 2.05) is 27.8 Å². The molecule has 126 valence electrons. The van der Waals surface area contributed by atoms with E-state index in [0.29, 0.717) is 5.92 Å². The van der Waals surface area contributed by atoms with Crippen molar-refractivity contribution in [2.45, 2.75) is 50.5 Å². The zero-order valence-electron chi connectivity index (χ0n) is 14.1. The standard InChI is InChI=1S/C19H24N4O/c1-2-17(14-6-4-3-5-7-14)19(24)22-11-10-16(12-22)23-13-18(20-21-23)15-8-9-15/h3-7,13,15-17H,2,8-12H2,1H3. The van der Waals surface area contributed by atoms with Crippen molar-refractivity contribution in [2.24, 2.45) is 0 Å². The fourth-order valence-corrected chi connectivity index (χ4v) is 3.65. The van der Waals surface area contributed by atoms with E-state index in [1.54, 1.807) is 0 Å². The van der Waals surface area contributed by atoms with Gasteiger partial charge >= 0.3 is 0 Å². The van der Waals surface area contributed by atoms with Crippen LogP contribution in [0.1, 0.15) is 61.7 Å². The van der Waals surface area contributed by atoms with Crippen LogP contribution in [0.3, 0.4) is 0 Å². The molecule has 2 atom stereocenters. The number of nitrogens with zero attached hydrogens (tertiary/aromatic N) is 4. The molecule has 1 aliphatic heterocycles. The maximum Gasteiger partial charge on any atom is 0.230 e. The lowest BCUT2D eigenvalue weighted by molar-refractivity contribution is -0.132. The Bertz CT molecular complexity index is 707. The van der Waals surface area contributed by atoms with Gasteiger partial charge in [-0.15, -0.1) is 5.10 Å². The molecule has 2 fully saturated rings. The Hall–Kier alpha value is -2.17. The minimum absolute atomic E-state index is 0.0391. The molecule has 1 amide bonds. The van der Waals surface area contributed by atoms with Gasteiger partial charge in [0.15, 0.2) is 0 Å². The fraction of sp³-hybridized carbons (Fsp3) is 0.526. The molecule has 1 aliphatic carbocycles. The highest BCUT2D eigenvalue weighted by atomic mass is 16.2. The Morgan fingerprint density at radius 2 is 2.04 bits per heavy atom. The van der Waals surface area contributed by atoms with E-state index >= 15 is 0 Å². The number of carbonyl (C=O) groups excluding carboxylic acids is 1. The zero-order chi connectivity index (χ0) is 16.5. The van der Waals surface area contributed by atoms with Gasteiger partial charge in [-0.1, -0.05) is 42.5 Å². The molecule has 5 heteroatoms. The second-order valence-corrected chi connectivity index (χ2v) is 7.00. The molecule has 2 aromatic rings. The minimum atomic E-state index is -0.0391. The molecule has 0 radical (unpaired) electrons. The van der Waals surface area contributed by atoms with Crippen LogP contribution in [0.4, 0.5) is 0 Å². The largest absolute Gasteiger partial charge is 0.340 e. The summed E-state index contributed by atoms with van der Waals surface area (Å²) in [6.07, 6.45) is 6.36. The first-order valence-electron chi connectivity index (χ1n) is 9.01. The van der Waals surface area contributed by atoms with Gasteiger partial charge in [0.25, 0.3) is 0 Å². The normalized spacial score (nSPS) is 21.9. The fourth-order valence-electron chi connectivity index (χ4n) is 3.65. The van der Waals surface area contributed by atoms with Crippen molar-refractivity contribution in [3.8, 4) is 0 Å². The van der Waals surface area contributed by atoms with E-state index in [-0.39, 0.29) is 17.9 Å². The number of benzene rings is 1. The lowest BCUT2D eigenvalue weighted by Crippen LogP contribution is -2.33. The van der Waals surface area contributed by atoms with E-state index in [1.165, 1.54) is 12.8 Å². The van der Waals surface area contributed by atoms with Crippen LogP contribution in [0, 0.1) is 0 Å². The molecule has 0 spiro atoms. The van der Waals surface area contributed by atoms with Crippen LogP contribution in [0.15, 0.2) is 36.5 Å². The summed E-state index contributed by atoms with van der Waals surface area (Å²) in [6.45, 7) is 3.64. The molecule has 1 aromatic heterocycles. The smallest absolute Gasteiger partial charge is 0.230 e. The SMILES string of the molecule is CCC(C(=O)N1CCC(n2cc(C3CC3)nn2)C1)c1ccccc1. The second-order valence-electron chi connectivity index (χ2n) is 7.00. The predicted molar refractivity (Wildman–Crippen MR) is 91.7 cm³/mol. The number of amides is 1. The van der Waals surface area contributed by atoms with Crippen molar-refractivity contribution in [1.82, 2.24) is 19.9 Å². The number of aromatic nitrogens is 3. The molecule has 4 rings (SSSR count). The summed E-state index contributed by atoms with van der Waals surface area (Å²) in [6, 6.07) is 10.4. The van der Waals surface area contributed by atoms with Gasteiger partial charge in [0.1, 0.15) is 0 Å². The van der Waals surface area contributed by atoms with E-state index < -0.39 is 0 Å². The monoisotopic (exact) mass is 324 g/mol. The lowest BCUT2D eigenvalue weighted by atomic mass is 9.95. The summed E-state index contributed by atoms with van der Waals surface area (Å²) < 4.78 is 1.98. The van der Waals surface area contributed by atoms with Crippen molar-refractivity contribution in [2.75, 3.05) is 13.1 Å². The highest BCUT2D eigenvalue weighted by Crippen LogP contribution is 2.39. The molecule has 1 aromatic carbocycles. The number of likely N-dealkylation sites (tertiary alicyclic amines) is 1.